The van der Waals surface area contributed by atoms with Crippen molar-refractivity contribution < 1.29 is 4.74 Å². The van der Waals surface area contributed by atoms with Crippen molar-refractivity contribution in [2.75, 3.05) is 19.7 Å². The van der Waals surface area contributed by atoms with Gasteiger partial charge in [-0.15, -0.1) is 0 Å². The Bertz CT molecular complexity index is 510. The Morgan fingerprint density at radius 1 is 1.45 bits per heavy atom. The smallest absolute Gasteiger partial charge is 0.192 e. The topological polar surface area (TPSA) is 50.8 Å². The van der Waals surface area contributed by atoms with Crippen molar-refractivity contribution in [1.29, 1.82) is 0 Å². The number of rotatable bonds is 3. The molecule has 3 rings (SSSR count). The lowest BCUT2D eigenvalue weighted by molar-refractivity contribution is 0.0690. The maximum absolute atomic E-state index is 6.12. The van der Waals surface area contributed by atoms with Crippen LogP contribution in [0, 0.1) is 3.57 Å². The van der Waals surface area contributed by atoms with Gasteiger partial charge in [-0.2, -0.15) is 0 Å². The van der Waals surface area contributed by atoms with Crippen LogP contribution >= 0.6 is 22.6 Å². The Kier molecular flexibility index (Phi) is 3.90. The first-order valence-corrected chi connectivity index (χ1v) is 8.13. The Hall–Kier alpha value is -0.820. The summed E-state index contributed by atoms with van der Waals surface area (Å²) in [4.78, 5) is 6.69. The molecule has 1 aromatic rings. The van der Waals surface area contributed by atoms with E-state index in [0.717, 1.165) is 26.0 Å². The van der Waals surface area contributed by atoms with Gasteiger partial charge >= 0.3 is 0 Å². The highest BCUT2D eigenvalue weighted by Gasteiger charge is 2.40. The summed E-state index contributed by atoms with van der Waals surface area (Å²) in [6.07, 6.45) is 2.55. The second kappa shape index (κ2) is 5.52. The van der Waals surface area contributed by atoms with Crippen LogP contribution in [-0.4, -0.2) is 36.7 Å². The fraction of sp³-hybridized carbons (Fsp3) is 0.533. The zero-order valence-electron chi connectivity index (χ0n) is 11.7. The van der Waals surface area contributed by atoms with Gasteiger partial charge < -0.3 is 15.4 Å². The van der Waals surface area contributed by atoms with Gasteiger partial charge in [0.15, 0.2) is 5.96 Å². The zero-order chi connectivity index (χ0) is 14.2. The number of hydrogen-bond acceptors (Lipinski definition) is 4. The Balaban J connectivity index is 1.84. The molecular formula is C15H20IN3O. The van der Waals surface area contributed by atoms with Gasteiger partial charge in [0.1, 0.15) is 0 Å². The van der Waals surface area contributed by atoms with Gasteiger partial charge in [0.2, 0.25) is 0 Å². The van der Waals surface area contributed by atoms with E-state index >= 15 is 0 Å². The Morgan fingerprint density at radius 3 is 2.85 bits per heavy atom. The first-order chi connectivity index (χ1) is 9.59. The van der Waals surface area contributed by atoms with Crippen LogP contribution in [0.25, 0.3) is 0 Å². The molecular weight excluding hydrogens is 365 g/mol. The summed E-state index contributed by atoms with van der Waals surface area (Å²) in [5, 5.41) is 0. The molecule has 0 aliphatic carbocycles. The summed E-state index contributed by atoms with van der Waals surface area (Å²) in [5.74, 6) is 0.640. The highest BCUT2D eigenvalue weighted by Crippen LogP contribution is 2.34. The zero-order valence-corrected chi connectivity index (χ0v) is 13.8. The first-order valence-electron chi connectivity index (χ1n) is 7.05. The molecule has 2 N–H and O–H groups in total. The highest BCUT2D eigenvalue weighted by molar-refractivity contribution is 14.1. The van der Waals surface area contributed by atoms with E-state index in [1.807, 2.05) is 0 Å². The van der Waals surface area contributed by atoms with Crippen molar-refractivity contribution in [2.24, 2.45) is 10.7 Å². The molecule has 0 saturated carbocycles. The third-order valence-corrected chi connectivity index (χ3v) is 5.02. The molecule has 4 nitrogen and oxygen atoms in total. The van der Waals surface area contributed by atoms with Crippen molar-refractivity contribution in [3.63, 3.8) is 0 Å². The monoisotopic (exact) mass is 385 g/mol. The predicted molar refractivity (Wildman–Crippen MR) is 88.7 cm³/mol. The third kappa shape index (κ3) is 2.53. The van der Waals surface area contributed by atoms with Crippen LogP contribution in [0.1, 0.15) is 25.3 Å². The number of hydrogen-bond donors (Lipinski definition) is 1. The Morgan fingerprint density at radius 2 is 2.20 bits per heavy atom. The third-order valence-electron chi connectivity index (χ3n) is 4.30. The average molecular weight is 385 g/mol. The lowest BCUT2D eigenvalue weighted by Gasteiger charge is -2.38. The molecule has 1 saturated heterocycles. The van der Waals surface area contributed by atoms with Crippen molar-refractivity contribution in [3.8, 4) is 0 Å². The summed E-state index contributed by atoms with van der Waals surface area (Å²) in [6.45, 7) is 4.63. The van der Waals surface area contributed by atoms with Crippen LogP contribution in [0.2, 0.25) is 0 Å². The summed E-state index contributed by atoms with van der Waals surface area (Å²) < 4.78 is 7.00. The summed E-state index contributed by atoms with van der Waals surface area (Å²) in [7, 11) is 0. The normalized spacial score (nSPS) is 29.8. The number of nitrogens with zero attached hydrogens (tertiary/aromatic N) is 2. The van der Waals surface area contributed by atoms with Crippen LogP contribution < -0.4 is 5.73 Å². The number of halogens is 1. The van der Waals surface area contributed by atoms with E-state index in [2.05, 4.69) is 63.7 Å². The fourth-order valence-corrected chi connectivity index (χ4v) is 3.36. The van der Waals surface area contributed by atoms with Crippen LogP contribution in [0.3, 0.4) is 0 Å². The summed E-state index contributed by atoms with van der Waals surface area (Å²) in [5.41, 5.74) is 7.23. The molecule has 2 atom stereocenters. The minimum atomic E-state index is -0.152. The SMILES string of the molecule is CC1(c2ccc(I)cc2)CN=C(N)N1CC1CCCO1. The van der Waals surface area contributed by atoms with E-state index in [9.17, 15) is 0 Å². The largest absolute Gasteiger partial charge is 0.376 e. The molecule has 0 bridgehead atoms. The minimum Gasteiger partial charge on any atom is -0.376 e. The maximum Gasteiger partial charge on any atom is 0.192 e. The van der Waals surface area contributed by atoms with Crippen LogP contribution in [0.15, 0.2) is 29.3 Å². The van der Waals surface area contributed by atoms with Gasteiger partial charge in [-0.1, -0.05) is 12.1 Å². The van der Waals surface area contributed by atoms with E-state index in [1.165, 1.54) is 9.13 Å². The number of benzene rings is 1. The molecule has 1 aromatic carbocycles. The van der Waals surface area contributed by atoms with Crippen molar-refractivity contribution in [2.45, 2.75) is 31.4 Å². The van der Waals surface area contributed by atoms with Crippen LogP contribution in [0.5, 0.6) is 0 Å². The first kappa shape index (κ1) is 14.1. The molecule has 0 radical (unpaired) electrons. The van der Waals surface area contributed by atoms with Crippen LogP contribution in [-0.2, 0) is 10.3 Å². The summed E-state index contributed by atoms with van der Waals surface area (Å²) in [6, 6.07) is 8.64. The van der Waals surface area contributed by atoms with Gasteiger partial charge in [0.05, 0.1) is 18.2 Å². The van der Waals surface area contributed by atoms with Gasteiger partial charge in [0, 0.05) is 16.7 Å². The molecule has 0 spiro atoms. The quantitative estimate of drug-likeness (QED) is 0.813. The molecule has 2 aliphatic heterocycles. The highest BCUT2D eigenvalue weighted by atomic mass is 127. The number of ether oxygens (including phenoxy) is 1. The van der Waals surface area contributed by atoms with E-state index in [0.29, 0.717) is 12.5 Å². The molecule has 0 aromatic heterocycles. The van der Waals surface area contributed by atoms with Crippen molar-refractivity contribution >= 4 is 28.6 Å². The molecule has 108 valence electrons. The molecule has 1 fully saturated rings. The Labute approximate surface area is 133 Å². The second-order valence-electron chi connectivity index (χ2n) is 5.70. The van der Waals surface area contributed by atoms with E-state index in [4.69, 9.17) is 10.5 Å². The van der Waals surface area contributed by atoms with Gasteiger partial charge in [0.25, 0.3) is 0 Å². The average Bonchev–Trinajstić information content (AvgIpc) is 3.04. The molecule has 20 heavy (non-hydrogen) atoms. The predicted octanol–water partition coefficient (Wildman–Crippen LogP) is 2.32. The molecule has 0 amide bonds. The minimum absolute atomic E-state index is 0.152. The number of aliphatic imine (C=N–C) groups is 1. The fourth-order valence-electron chi connectivity index (χ4n) is 3.00. The van der Waals surface area contributed by atoms with Crippen molar-refractivity contribution in [1.82, 2.24) is 4.90 Å². The lowest BCUT2D eigenvalue weighted by Crippen LogP contribution is -2.50. The number of nitrogens with two attached hydrogens (primary N) is 1. The molecule has 2 heterocycles. The summed E-state index contributed by atoms with van der Waals surface area (Å²) >= 11 is 2.33. The lowest BCUT2D eigenvalue weighted by atomic mass is 9.91. The number of guanidine groups is 1. The maximum atomic E-state index is 6.12. The van der Waals surface area contributed by atoms with E-state index in [1.54, 1.807) is 0 Å². The van der Waals surface area contributed by atoms with Gasteiger partial charge in [-0.3, -0.25) is 4.99 Å². The standard InChI is InChI=1S/C15H20IN3O/c1-15(11-4-6-12(16)7-5-11)10-18-14(17)19(15)9-13-3-2-8-20-13/h4-7,13H,2-3,8-10H2,1H3,(H2,17,18). The van der Waals surface area contributed by atoms with Gasteiger partial charge in [-0.25, -0.2) is 0 Å². The van der Waals surface area contributed by atoms with Crippen LogP contribution in [0.4, 0.5) is 0 Å². The van der Waals surface area contributed by atoms with E-state index < -0.39 is 0 Å². The second-order valence-corrected chi connectivity index (χ2v) is 6.95. The molecule has 5 heteroatoms. The molecule has 2 aliphatic rings. The van der Waals surface area contributed by atoms with E-state index in [-0.39, 0.29) is 11.6 Å². The molecule has 2 unspecified atom stereocenters. The van der Waals surface area contributed by atoms with Crippen molar-refractivity contribution in [3.05, 3.63) is 33.4 Å². The van der Waals surface area contributed by atoms with Gasteiger partial charge in [-0.05, 0) is 60.1 Å².